The summed E-state index contributed by atoms with van der Waals surface area (Å²) >= 11 is 1.82. The van der Waals surface area contributed by atoms with E-state index in [4.69, 9.17) is 4.74 Å². The maximum Gasteiger partial charge on any atom is 0.492 e. The Labute approximate surface area is 119 Å². The van der Waals surface area contributed by atoms with Crippen LogP contribution in [0.4, 0.5) is 0 Å². The predicted molar refractivity (Wildman–Crippen MR) is 82.1 cm³/mol. The van der Waals surface area contributed by atoms with Gasteiger partial charge in [-0.15, -0.1) is 0 Å². The molecule has 19 heavy (non-hydrogen) atoms. The largest absolute Gasteiger partial charge is 0.497 e. The fraction of sp³-hybridized carbons (Fsp3) is 0.538. The molecule has 1 aromatic carbocycles. The average Bonchev–Trinajstić information content (AvgIpc) is 2.38. The van der Waals surface area contributed by atoms with Gasteiger partial charge in [-0.25, -0.2) is 0 Å². The Hall–Kier alpha value is -0.685. The lowest BCUT2D eigenvalue weighted by Crippen LogP contribution is -2.33. The van der Waals surface area contributed by atoms with Crippen molar-refractivity contribution in [2.24, 2.45) is 0 Å². The molecule has 0 saturated carbocycles. The molecular formula is C13H22BNO3S. The number of hydrogen-bond acceptors (Lipinski definition) is 5. The second kappa shape index (κ2) is 7.80. The van der Waals surface area contributed by atoms with E-state index in [1.165, 1.54) is 7.11 Å². The smallest absolute Gasteiger partial charge is 0.492 e. The van der Waals surface area contributed by atoms with Crippen LogP contribution in [-0.2, 0) is 6.54 Å². The van der Waals surface area contributed by atoms with Gasteiger partial charge in [-0.1, -0.05) is 12.1 Å². The number of hydrogen-bond donors (Lipinski definition) is 2. The summed E-state index contributed by atoms with van der Waals surface area (Å²) in [7, 11) is 2.08. The van der Waals surface area contributed by atoms with Crippen molar-refractivity contribution in [3.63, 3.8) is 0 Å². The third kappa shape index (κ3) is 4.73. The van der Waals surface area contributed by atoms with E-state index in [0.29, 0.717) is 17.3 Å². The van der Waals surface area contributed by atoms with Gasteiger partial charge in [0, 0.05) is 23.8 Å². The lowest BCUT2D eigenvalue weighted by molar-refractivity contribution is 0.269. The molecule has 0 radical (unpaired) electrons. The molecule has 2 N–H and O–H groups in total. The van der Waals surface area contributed by atoms with E-state index in [0.717, 1.165) is 17.9 Å². The average molecular weight is 283 g/mol. The fourth-order valence-electron chi connectivity index (χ4n) is 1.90. The van der Waals surface area contributed by atoms with Gasteiger partial charge in [-0.05, 0) is 31.9 Å². The highest BCUT2D eigenvalue weighted by Crippen LogP contribution is 2.13. The van der Waals surface area contributed by atoms with Gasteiger partial charge >= 0.3 is 7.12 Å². The first-order valence-electron chi connectivity index (χ1n) is 6.21. The van der Waals surface area contributed by atoms with Gasteiger partial charge in [0.15, 0.2) is 0 Å². The molecule has 1 unspecified atom stereocenters. The Bertz CT molecular complexity index is 403. The Morgan fingerprint density at radius 2 is 2.11 bits per heavy atom. The van der Waals surface area contributed by atoms with Gasteiger partial charge in [-0.2, -0.15) is 11.8 Å². The number of rotatable bonds is 7. The van der Waals surface area contributed by atoms with E-state index >= 15 is 0 Å². The zero-order valence-electron chi connectivity index (χ0n) is 12.0. The second-order valence-corrected chi connectivity index (χ2v) is 5.58. The van der Waals surface area contributed by atoms with E-state index in [1.807, 2.05) is 17.8 Å². The summed E-state index contributed by atoms with van der Waals surface area (Å²) in [5.74, 6) is 1.57. The number of nitrogens with zero attached hydrogens (tertiary/aromatic N) is 1. The van der Waals surface area contributed by atoms with Gasteiger partial charge in [-0.3, -0.25) is 4.90 Å². The molecule has 6 heteroatoms. The van der Waals surface area contributed by atoms with Gasteiger partial charge in [0.2, 0.25) is 0 Å². The SMILES string of the molecule is COc1ccc(CN(C)C(C)CSC)cc1B(O)O. The Morgan fingerprint density at radius 3 is 2.63 bits per heavy atom. The number of ether oxygens (including phenoxy) is 1. The van der Waals surface area contributed by atoms with Crippen LogP contribution in [0.25, 0.3) is 0 Å². The van der Waals surface area contributed by atoms with Crippen molar-refractivity contribution in [1.82, 2.24) is 4.90 Å². The quantitative estimate of drug-likeness (QED) is 0.716. The molecule has 1 atom stereocenters. The molecule has 0 aliphatic rings. The topological polar surface area (TPSA) is 52.9 Å². The standard InChI is InChI=1S/C13H22BNO3S/c1-10(9-19-4)15(2)8-11-5-6-13(18-3)12(7-11)14(16)17/h5-7,10,16-17H,8-9H2,1-4H3. The number of thioether (sulfide) groups is 1. The van der Waals surface area contributed by atoms with E-state index in [1.54, 1.807) is 12.1 Å². The summed E-state index contributed by atoms with van der Waals surface area (Å²) in [6.45, 7) is 2.95. The lowest BCUT2D eigenvalue weighted by atomic mass is 9.78. The zero-order chi connectivity index (χ0) is 14.4. The summed E-state index contributed by atoms with van der Waals surface area (Å²) < 4.78 is 5.12. The number of methoxy groups -OCH3 is 1. The predicted octanol–water partition coefficient (Wildman–Crippen LogP) is 0.558. The van der Waals surface area contributed by atoms with E-state index in [2.05, 4.69) is 25.1 Å². The third-order valence-electron chi connectivity index (χ3n) is 3.16. The van der Waals surface area contributed by atoms with Crippen LogP contribution >= 0.6 is 11.8 Å². The van der Waals surface area contributed by atoms with Crippen molar-refractivity contribution >= 4 is 24.3 Å². The first-order chi connectivity index (χ1) is 8.99. The van der Waals surface area contributed by atoms with Gasteiger partial charge in [0.25, 0.3) is 0 Å². The van der Waals surface area contributed by atoms with Crippen molar-refractivity contribution in [3.8, 4) is 5.75 Å². The molecule has 4 nitrogen and oxygen atoms in total. The summed E-state index contributed by atoms with van der Waals surface area (Å²) in [6, 6.07) is 5.98. The van der Waals surface area contributed by atoms with Crippen molar-refractivity contribution in [2.45, 2.75) is 19.5 Å². The Kier molecular flexibility index (Phi) is 6.72. The Morgan fingerprint density at radius 1 is 1.42 bits per heavy atom. The third-order valence-corrected chi connectivity index (χ3v) is 3.98. The monoisotopic (exact) mass is 283 g/mol. The van der Waals surface area contributed by atoms with Gasteiger partial charge in [0.1, 0.15) is 5.75 Å². The normalized spacial score (nSPS) is 12.6. The molecule has 0 spiro atoms. The molecule has 0 aliphatic carbocycles. The molecule has 1 aromatic rings. The molecule has 0 aliphatic heterocycles. The second-order valence-electron chi connectivity index (χ2n) is 4.67. The summed E-state index contributed by atoms with van der Waals surface area (Å²) in [6.07, 6.45) is 2.10. The first kappa shape index (κ1) is 16.4. The molecular weight excluding hydrogens is 261 g/mol. The molecule has 0 bridgehead atoms. The van der Waals surface area contributed by atoms with Crippen LogP contribution in [0.15, 0.2) is 18.2 Å². The van der Waals surface area contributed by atoms with E-state index in [9.17, 15) is 10.0 Å². The van der Waals surface area contributed by atoms with Crippen LogP contribution in [-0.4, -0.2) is 54.3 Å². The highest BCUT2D eigenvalue weighted by Gasteiger charge is 2.18. The summed E-state index contributed by atoms with van der Waals surface area (Å²) in [4.78, 5) is 2.24. The Balaban J connectivity index is 2.82. The van der Waals surface area contributed by atoms with Crippen LogP contribution in [0.3, 0.4) is 0 Å². The van der Waals surface area contributed by atoms with E-state index in [-0.39, 0.29) is 0 Å². The number of benzene rings is 1. The van der Waals surface area contributed by atoms with Crippen molar-refractivity contribution in [3.05, 3.63) is 23.8 Å². The maximum atomic E-state index is 9.35. The molecule has 0 heterocycles. The minimum absolute atomic E-state index is 0.408. The van der Waals surface area contributed by atoms with Crippen molar-refractivity contribution < 1.29 is 14.8 Å². The minimum Gasteiger partial charge on any atom is -0.497 e. The van der Waals surface area contributed by atoms with E-state index < -0.39 is 7.12 Å². The highest BCUT2D eigenvalue weighted by molar-refractivity contribution is 7.98. The van der Waals surface area contributed by atoms with Gasteiger partial charge < -0.3 is 14.8 Å². The van der Waals surface area contributed by atoms with Crippen LogP contribution in [0.5, 0.6) is 5.75 Å². The molecule has 1 rings (SSSR count). The molecule has 0 saturated heterocycles. The lowest BCUT2D eigenvalue weighted by Gasteiger charge is -2.24. The molecule has 0 aromatic heterocycles. The highest BCUT2D eigenvalue weighted by atomic mass is 32.2. The fourth-order valence-corrected chi connectivity index (χ4v) is 2.63. The first-order valence-corrected chi connectivity index (χ1v) is 7.61. The van der Waals surface area contributed by atoms with Crippen LogP contribution in [0.2, 0.25) is 0 Å². The van der Waals surface area contributed by atoms with Crippen LogP contribution in [0.1, 0.15) is 12.5 Å². The summed E-state index contributed by atoms with van der Waals surface area (Å²) in [5, 5.41) is 18.7. The molecule has 106 valence electrons. The van der Waals surface area contributed by atoms with Crippen LogP contribution in [0, 0.1) is 0 Å². The van der Waals surface area contributed by atoms with Crippen molar-refractivity contribution in [2.75, 3.05) is 26.2 Å². The molecule has 0 amide bonds. The minimum atomic E-state index is -1.51. The van der Waals surface area contributed by atoms with Crippen LogP contribution < -0.4 is 10.2 Å². The van der Waals surface area contributed by atoms with Gasteiger partial charge in [0.05, 0.1) is 7.11 Å². The molecule has 0 fully saturated rings. The summed E-state index contributed by atoms with van der Waals surface area (Å²) in [5.41, 5.74) is 1.45. The maximum absolute atomic E-state index is 9.35. The zero-order valence-corrected chi connectivity index (χ0v) is 12.8. The van der Waals surface area contributed by atoms with Crippen molar-refractivity contribution in [1.29, 1.82) is 0 Å².